The first-order valence-corrected chi connectivity index (χ1v) is 7.48. The van der Waals surface area contributed by atoms with Crippen LogP contribution in [0.3, 0.4) is 0 Å². The van der Waals surface area contributed by atoms with Gasteiger partial charge in [-0.3, -0.25) is 10.1 Å². The second kappa shape index (κ2) is 6.29. The van der Waals surface area contributed by atoms with Gasteiger partial charge >= 0.3 is 0 Å². The molecular weight excluding hydrogens is 246 g/mol. The van der Waals surface area contributed by atoms with Crippen molar-refractivity contribution in [3.05, 3.63) is 16.1 Å². The molecule has 2 rings (SSSR count). The molecule has 1 N–H and O–H groups in total. The van der Waals surface area contributed by atoms with Crippen LogP contribution >= 0.6 is 11.3 Å². The highest BCUT2D eigenvalue weighted by molar-refractivity contribution is 7.09. The van der Waals surface area contributed by atoms with Crippen molar-refractivity contribution in [2.45, 2.75) is 45.7 Å². The minimum atomic E-state index is -0.118. The van der Waals surface area contributed by atoms with Crippen LogP contribution in [0.2, 0.25) is 0 Å². The Morgan fingerprint density at radius 3 is 2.83 bits per heavy atom. The molecule has 0 saturated carbocycles. The van der Waals surface area contributed by atoms with Gasteiger partial charge < -0.3 is 4.90 Å². The lowest BCUT2D eigenvalue weighted by Crippen LogP contribution is -2.46. The molecule has 0 spiro atoms. The van der Waals surface area contributed by atoms with Crippen molar-refractivity contribution >= 4 is 17.2 Å². The average molecular weight is 267 g/mol. The molecule has 5 heteroatoms. The summed E-state index contributed by atoms with van der Waals surface area (Å²) in [5.41, 5.74) is 1.05. The Hall–Kier alpha value is -0.940. The molecule has 0 aliphatic carbocycles. The molecule has 100 valence electrons. The van der Waals surface area contributed by atoms with E-state index >= 15 is 0 Å². The summed E-state index contributed by atoms with van der Waals surface area (Å²) in [5.74, 6) is 0.225. The predicted octanol–water partition coefficient (Wildman–Crippen LogP) is 1.94. The van der Waals surface area contributed by atoms with Crippen molar-refractivity contribution in [1.29, 1.82) is 0 Å². The maximum atomic E-state index is 12.2. The van der Waals surface area contributed by atoms with E-state index in [9.17, 15) is 4.79 Å². The molecule has 1 unspecified atom stereocenters. The van der Waals surface area contributed by atoms with E-state index < -0.39 is 0 Å². The van der Waals surface area contributed by atoms with Gasteiger partial charge in [0, 0.05) is 30.7 Å². The van der Waals surface area contributed by atoms with Crippen LogP contribution in [0.5, 0.6) is 0 Å². The molecule has 2 heterocycles. The number of piperidine rings is 1. The van der Waals surface area contributed by atoms with Crippen molar-refractivity contribution in [2.24, 2.45) is 0 Å². The van der Waals surface area contributed by atoms with Crippen molar-refractivity contribution in [3.8, 4) is 0 Å². The fraction of sp³-hybridized carbons (Fsp3) is 0.692. The van der Waals surface area contributed by atoms with Crippen LogP contribution in [0.4, 0.5) is 0 Å². The summed E-state index contributed by atoms with van der Waals surface area (Å²) in [6.07, 6.45) is 3.54. The Morgan fingerprint density at radius 1 is 1.50 bits per heavy atom. The third-order valence-electron chi connectivity index (χ3n) is 3.26. The smallest absolute Gasteiger partial charge is 0.239 e. The Kier molecular flexibility index (Phi) is 4.72. The summed E-state index contributed by atoms with van der Waals surface area (Å²) < 4.78 is 0. The number of hydrogen-bond donors (Lipinski definition) is 1. The topological polar surface area (TPSA) is 45.2 Å². The van der Waals surface area contributed by atoms with Crippen molar-refractivity contribution in [2.75, 3.05) is 13.1 Å². The van der Waals surface area contributed by atoms with E-state index in [1.54, 1.807) is 11.3 Å². The number of nitrogens with zero attached hydrogens (tertiary/aromatic N) is 2. The molecule has 1 fully saturated rings. The van der Waals surface area contributed by atoms with Crippen LogP contribution in [0.1, 0.15) is 36.9 Å². The maximum Gasteiger partial charge on any atom is 0.239 e. The second-order valence-corrected chi connectivity index (χ2v) is 5.81. The number of aromatic nitrogens is 1. The summed E-state index contributed by atoms with van der Waals surface area (Å²) >= 11 is 1.64. The van der Waals surface area contributed by atoms with Crippen molar-refractivity contribution in [1.82, 2.24) is 15.2 Å². The number of likely N-dealkylation sites (tertiary alicyclic amines) is 1. The highest BCUT2D eigenvalue weighted by atomic mass is 32.1. The molecule has 1 aromatic heterocycles. The van der Waals surface area contributed by atoms with Crippen LogP contribution < -0.4 is 5.32 Å². The lowest BCUT2D eigenvalue weighted by atomic mass is 10.1. The number of amides is 1. The fourth-order valence-electron chi connectivity index (χ4n) is 2.20. The van der Waals surface area contributed by atoms with E-state index in [4.69, 9.17) is 0 Å². The number of carbonyl (C=O) groups excluding carboxylic acids is 1. The second-order valence-electron chi connectivity index (χ2n) is 4.87. The van der Waals surface area contributed by atoms with Gasteiger partial charge in [-0.15, -0.1) is 11.3 Å². The first-order valence-electron chi connectivity index (χ1n) is 6.60. The van der Waals surface area contributed by atoms with Crippen LogP contribution in [-0.4, -0.2) is 34.9 Å². The third kappa shape index (κ3) is 3.53. The monoisotopic (exact) mass is 267 g/mol. The van der Waals surface area contributed by atoms with Crippen LogP contribution in [0, 0.1) is 6.92 Å². The van der Waals surface area contributed by atoms with E-state index in [0.717, 1.165) is 36.6 Å². The normalized spacial score (nSPS) is 17.8. The van der Waals surface area contributed by atoms with Crippen molar-refractivity contribution in [3.63, 3.8) is 0 Å². The van der Waals surface area contributed by atoms with Crippen molar-refractivity contribution < 1.29 is 4.79 Å². The van der Waals surface area contributed by atoms with Gasteiger partial charge in [0.25, 0.3) is 0 Å². The van der Waals surface area contributed by atoms with Gasteiger partial charge in [0.1, 0.15) is 5.01 Å². The summed E-state index contributed by atoms with van der Waals surface area (Å²) in [6, 6.07) is -0.118. The molecule has 4 nitrogen and oxygen atoms in total. The Morgan fingerprint density at radius 2 is 2.22 bits per heavy atom. The zero-order chi connectivity index (χ0) is 13.0. The van der Waals surface area contributed by atoms with Gasteiger partial charge in [-0.25, -0.2) is 4.98 Å². The van der Waals surface area contributed by atoms with E-state index in [-0.39, 0.29) is 11.9 Å². The highest BCUT2D eigenvalue weighted by Crippen LogP contribution is 2.11. The average Bonchev–Trinajstić information content (AvgIpc) is 2.82. The Labute approximate surface area is 112 Å². The van der Waals surface area contributed by atoms with E-state index in [1.165, 1.54) is 6.42 Å². The maximum absolute atomic E-state index is 12.2. The first-order chi connectivity index (χ1) is 8.66. The van der Waals surface area contributed by atoms with Crippen LogP contribution in [0.25, 0.3) is 0 Å². The number of thiazole rings is 1. The largest absolute Gasteiger partial charge is 0.341 e. The number of rotatable bonds is 4. The molecule has 1 amide bonds. The molecule has 0 radical (unpaired) electrons. The zero-order valence-electron chi connectivity index (χ0n) is 11.1. The summed E-state index contributed by atoms with van der Waals surface area (Å²) in [4.78, 5) is 18.5. The lowest BCUT2D eigenvalue weighted by molar-refractivity contribution is -0.133. The number of carbonyl (C=O) groups is 1. The molecule has 1 aromatic rings. The summed E-state index contributed by atoms with van der Waals surface area (Å²) in [6.45, 7) is 6.45. The molecular formula is C13H21N3OS. The van der Waals surface area contributed by atoms with E-state index in [0.29, 0.717) is 6.54 Å². The predicted molar refractivity (Wildman–Crippen MR) is 73.6 cm³/mol. The third-order valence-corrected chi connectivity index (χ3v) is 4.23. The summed E-state index contributed by atoms with van der Waals surface area (Å²) in [5, 5.41) is 6.35. The molecule has 1 atom stereocenters. The minimum Gasteiger partial charge on any atom is -0.341 e. The number of nitrogens with one attached hydrogen (secondary N) is 1. The SMILES string of the molecule is Cc1csc(CNC(C)C(=O)N2CCCCC2)n1. The number of aryl methyl sites for hydroxylation is 1. The Balaban J connectivity index is 1.79. The molecule has 0 aromatic carbocycles. The molecule has 18 heavy (non-hydrogen) atoms. The van der Waals surface area contributed by atoms with Gasteiger partial charge in [0.05, 0.1) is 6.04 Å². The van der Waals surface area contributed by atoms with Gasteiger partial charge in [-0.1, -0.05) is 0 Å². The first kappa shape index (κ1) is 13.5. The lowest BCUT2D eigenvalue weighted by Gasteiger charge is -2.29. The Bertz CT molecular complexity index is 399. The highest BCUT2D eigenvalue weighted by Gasteiger charge is 2.21. The van der Waals surface area contributed by atoms with Crippen LogP contribution in [0.15, 0.2) is 5.38 Å². The van der Waals surface area contributed by atoms with Gasteiger partial charge in [0.15, 0.2) is 0 Å². The molecule has 1 aliphatic rings. The summed E-state index contributed by atoms with van der Waals surface area (Å²) in [7, 11) is 0. The van der Waals surface area contributed by atoms with E-state index in [2.05, 4.69) is 10.3 Å². The van der Waals surface area contributed by atoms with Gasteiger partial charge in [0.2, 0.25) is 5.91 Å². The molecule has 0 bridgehead atoms. The van der Waals surface area contributed by atoms with Gasteiger partial charge in [-0.2, -0.15) is 0 Å². The van der Waals surface area contributed by atoms with Gasteiger partial charge in [-0.05, 0) is 33.1 Å². The van der Waals surface area contributed by atoms with E-state index in [1.807, 2.05) is 24.1 Å². The molecule has 1 saturated heterocycles. The zero-order valence-corrected chi connectivity index (χ0v) is 11.9. The fourth-order valence-corrected chi connectivity index (χ4v) is 2.92. The minimum absolute atomic E-state index is 0.118. The number of hydrogen-bond acceptors (Lipinski definition) is 4. The standard InChI is InChI=1S/C13H21N3OS/c1-10-9-18-12(15-10)8-14-11(2)13(17)16-6-4-3-5-7-16/h9,11,14H,3-8H2,1-2H3. The van der Waals surface area contributed by atoms with Crippen LogP contribution in [-0.2, 0) is 11.3 Å². The molecule has 1 aliphatic heterocycles. The quantitative estimate of drug-likeness (QED) is 0.907.